The van der Waals surface area contributed by atoms with Crippen molar-refractivity contribution in [2.24, 2.45) is 5.73 Å². The zero-order valence-electron chi connectivity index (χ0n) is 15.9. The molecule has 5 nitrogen and oxygen atoms in total. The Morgan fingerprint density at radius 2 is 2.10 bits per heavy atom. The number of hydrogen-bond donors (Lipinski definition) is 3. The molecule has 152 valence electrons. The molecule has 1 aromatic heterocycles. The molecule has 0 saturated carbocycles. The van der Waals surface area contributed by atoms with Crippen LogP contribution in [0.3, 0.4) is 0 Å². The van der Waals surface area contributed by atoms with E-state index in [1.165, 1.54) is 18.2 Å². The van der Waals surface area contributed by atoms with E-state index >= 15 is 0 Å². The number of aromatic nitrogens is 1. The molecule has 2 aromatic carbocycles. The number of ether oxygens (including phenoxy) is 1. The number of nitrogens with two attached hydrogens (primary N) is 1. The lowest BCUT2D eigenvalue weighted by molar-refractivity contribution is 0.0994. The molecule has 0 aliphatic carbocycles. The first-order chi connectivity index (χ1) is 14.0. The summed E-state index contributed by atoms with van der Waals surface area (Å²) < 4.78 is 33.3. The molecule has 0 radical (unpaired) electrons. The second kappa shape index (κ2) is 8.21. The van der Waals surface area contributed by atoms with Crippen LogP contribution in [0.25, 0.3) is 10.9 Å². The molecule has 0 bridgehead atoms. The van der Waals surface area contributed by atoms with E-state index in [9.17, 15) is 13.6 Å². The van der Waals surface area contributed by atoms with Crippen LogP contribution >= 0.6 is 0 Å². The first-order valence-electron chi connectivity index (χ1n) is 9.76. The number of aromatic amines is 1. The van der Waals surface area contributed by atoms with E-state index in [2.05, 4.69) is 10.3 Å². The predicted octanol–water partition coefficient (Wildman–Crippen LogP) is 3.46. The Labute approximate surface area is 167 Å². The van der Waals surface area contributed by atoms with Crippen LogP contribution in [0.5, 0.6) is 5.75 Å². The highest BCUT2D eigenvalue weighted by atomic mass is 19.1. The van der Waals surface area contributed by atoms with E-state index in [0.717, 1.165) is 42.3 Å². The van der Waals surface area contributed by atoms with Gasteiger partial charge in [-0.05, 0) is 68.1 Å². The third kappa shape index (κ3) is 4.10. The number of unbranched alkanes of at least 4 members (excludes halogenated alkanes) is 1. The number of hydrogen-bond acceptors (Lipinski definition) is 3. The highest BCUT2D eigenvalue weighted by Gasteiger charge is 2.26. The summed E-state index contributed by atoms with van der Waals surface area (Å²) >= 11 is 0. The van der Waals surface area contributed by atoms with E-state index < -0.39 is 5.91 Å². The SMILES string of the molecule is NC(=O)c1ccc(F)c2c1OCC(NCCCCc1c[nH]c3ccc(F)cc13)C2. The lowest BCUT2D eigenvalue weighted by atomic mass is 9.98. The number of amides is 1. The normalized spacial score (nSPS) is 15.9. The third-order valence-corrected chi connectivity index (χ3v) is 5.38. The number of primary amides is 1. The molecule has 1 aliphatic heterocycles. The van der Waals surface area contributed by atoms with Gasteiger partial charge in [-0.1, -0.05) is 0 Å². The van der Waals surface area contributed by atoms with Gasteiger partial charge in [-0.25, -0.2) is 8.78 Å². The summed E-state index contributed by atoms with van der Waals surface area (Å²) in [4.78, 5) is 14.7. The molecule has 4 rings (SSSR count). The van der Waals surface area contributed by atoms with Crippen molar-refractivity contribution in [1.29, 1.82) is 0 Å². The van der Waals surface area contributed by atoms with Crippen LogP contribution < -0.4 is 15.8 Å². The lowest BCUT2D eigenvalue weighted by Gasteiger charge is -2.27. The molecule has 7 heteroatoms. The van der Waals surface area contributed by atoms with Crippen LogP contribution in [-0.4, -0.2) is 30.1 Å². The molecule has 1 amide bonds. The zero-order chi connectivity index (χ0) is 20.4. The Hall–Kier alpha value is -2.93. The number of carbonyl (C=O) groups is 1. The van der Waals surface area contributed by atoms with Gasteiger partial charge >= 0.3 is 0 Å². The molecule has 0 spiro atoms. The summed E-state index contributed by atoms with van der Waals surface area (Å²) in [6, 6.07) is 7.36. The van der Waals surface area contributed by atoms with Crippen molar-refractivity contribution < 1.29 is 18.3 Å². The summed E-state index contributed by atoms with van der Waals surface area (Å²) in [6.45, 7) is 1.12. The van der Waals surface area contributed by atoms with Crippen LogP contribution in [0.4, 0.5) is 8.78 Å². The van der Waals surface area contributed by atoms with Crippen molar-refractivity contribution in [2.45, 2.75) is 31.7 Å². The quantitative estimate of drug-likeness (QED) is 0.532. The maximum atomic E-state index is 14.2. The van der Waals surface area contributed by atoms with E-state index in [1.54, 1.807) is 12.1 Å². The number of carbonyl (C=O) groups excluding carboxylic acids is 1. The predicted molar refractivity (Wildman–Crippen MR) is 107 cm³/mol. The van der Waals surface area contributed by atoms with Gasteiger partial charge in [0.2, 0.25) is 0 Å². The fourth-order valence-corrected chi connectivity index (χ4v) is 3.88. The highest BCUT2D eigenvalue weighted by molar-refractivity contribution is 5.96. The van der Waals surface area contributed by atoms with Gasteiger partial charge in [-0.3, -0.25) is 4.79 Å². The van der Waals surface area contributed by atoms with Crippen molar-refractivity contribution >= 4 is 16.8 Å². The molecule has 1 unspecified atom stereocenters. The fraction of sp³-hybridized carbons (Fsp3) is 0.318. The Morgan fingerprint density at radius 1 is 1.24 bits per heavy atom. The van der Waals surface area contributed by atoms with Gasteiger partial charge < -0.3 is 20.8 Å². The van der Waals surface area contributed by atoms with Gasteiger partial charge in [0.25, 0.3) is 5.91 Å². The molecule has 3 aromatic rings. The van der Waals surface area contributed by atoms with E-state index in [-0.39, 0.29) is 29.0 Å². The molecule has 4 N–H and O–H groups in total. The van der Waals surface area contributed by atoms with Crippen LogP contribution in [0.2, 0.25) is 0 Å². The van der Waals surface area contributed by atoms with Crippen LogP contribution in [-0.2, 0) is 12.8 Å². The molecule has 0 fully saturated rings. The Balaban J connectivity index is 1.28. The standard InChI is InChI=1S/C22H23F2N3O2/c23-14-4-7-20-17(9-14)13(11-27-20)3-1-2-8-26-15-10-18-19(24)6-5-16(22(25)28)21(18)29-12-15/h4-7,9,11,15,26-27H,1-3,8,10,12H2,(H2,25,28). The van der Waals surface area contributed by atoms with Gasteiger partial charge in [-0.2, -0.15) is 0 Å². The fourth-order valence-electron chi connectivity index (χ4n) is 3.88. The molecular weight excluding hydrogens is 376 g/mol. The van der Waals surface area contributed by atoms with Crippen molar-refractivity contribution in [3.8, 4) is 5.75 Å². The summed E-state index contributed by atoms with van der Waals surface area (Å²) in [7, 11) is 0. The number of H-pyrrole nitrogens is 1. The van der Waals surface area contributed by atoms with Crippen LogP contribution in [0.15, 0.2) is 36.5 Å². The van der Waals surface area contributed by atoms with Crippen LogP contribution in [0, 0.1) is 11.6 Å². The van der Waals surface area contributed by atoms with Crippen LogP contribution in [0.1, 0.15) is 34.3 Å². The van der Waals surface area contributed by atoms with E-state index in [0.29, 0.717) is 18.6 Å². The van der Waals surface area contributed by atoms with Gasteiger partial charge in [0.1, 0.15) is 24.0 Å². The van der Waals surface area contributed by atoms with Gasteiger partial charge in [-0.15, -0.1) is 0 Å². The number of rotatable bonds is 7. The van der Waals surface area contributed by atoms with Gasteiger partial charge in [0.15, 0.2) is 0 Å². The maximum absolute atomic E-state index is 14.2. The number of aryl methyl sites for hydroxylation is 1. The topological polar surface area (TPSA) is 80.1 Å². The maximum Gasteiger partial charge on any atom is 0.252 e. The number of fused-ring (bicyclic) bond motifs is 2. The molecular formula is C22H23F2N3O2. The summed E-state index contributed by atoms with van der Waals surface area (Å²) in [5.41, 5.74) is 8.00. The Bertz CT molecular complexity index is 1050. The van der Waals surface area contributed by atoms with Crippen molar-refractivity contribution in [1.82, 2.24) is 10.3 Å². The van der Waals surface area contributed by atoms with Gasteiger partial charge in [0, 0.05) is 28.7 Å². The molecule has 29 heavy (non-hydrogen) atoms. The van der Waals surface area contributed by atoms with Crippen molar-refractivity contribution in [2.75, 3.05) is 13.2 Å². The van der Waals surface area contributed by atoms with E-state index in [1.807, 2.05) is 6.20 Å². The monoisotopic (exact) mass is 399 g/mol. The summed E-state index contributed by atoms with van der Waals surface area (Å²) in [6.07, 6.45) is 5.11. The molecule has 0 saturated heterocycles. The largest absolute Gasteiger partial charge is 0.491 e. The minimum Gasteiger partial charge on any atom is -0.491 e. The van der Waals surface area contributed by atoms with Crippen molar-refractivity contribution in [3.05, 3.63) is 64.9 Å². The summed E-state index contributed by atoms with van der Waals surface area (Å²) in [5.74, 6) is -0.973. The smallest absolute Gasteiger partial charge is 0.252 e. The average Bonchev–Trinajstić information content (AvgIpc) is 3.10. The first-order valence-corrected chi connectivity index (χ1v) is 9.76. The molecule has 1 aliphatic rings. The molecule has 1 atom stereocenters. The van der Waals surface area contributed by atoms with Gasteiger partial charge in [0.05, 0.1) is 5.56 Å². The average molecular weight is 399 g/mol. The second-order valence-corrected chi connectivity index (χ2v) is 7.39. The number of halogens is 2. The minimum atomic E-state index is -0.621. The number of benzene rings is 2. The lowest BCUT2D eigenvalue weighted by Crippen LogP contribution is -2.40. The number of nitrogens with one attached hydrogen (secondary N) is 2. The first kappa shape index (κ1) is 19.4. The third-order valence-electron chi connectivity index (χ3n) is 5.38. The minimum absolute atomic E-state index is 0.0256. The zero-order valence-corrected chi connectivity index (χ0v) is 15.9. The Morgan fingerprint density at radius 3 is 2.93 bits per heavy atom. The molecule has 2 heterocycles. The second-order valence-electron chi connectivity index (χ2n) is 7.39. The van der Waals surface area contributed by atoms with Crippen molar-refractivity contribution in [3.63, 3.8) is 0 Å². The Kier molecular flexibility index (Phi) is 5.49. The summed E-state index contributed by atoms with van der Waals surface area (Å²) in [5, 5.41) is 4.32. The van der Waals surface area contributed by atoms with E-state index in [4.69, 9.17) is 10.5 Å². The highest BCUT2D eigenvalue weighted by Crippen LogP contribution is 2.31.